The molecule has 3 nitrogen and oxygen atoms in total. The Bertz CT molecular complexity index is 494. The second kappa shape index (κ2) is 4.39. The standard InChI is InChI=1S/C15H20N2O/c1-10(2)16-9-11-7-12-3-4-14(18)17-6-5-13(8-11)15(12)17/h7-8,10,16H,3-6,9H2,1-2H3. The first-order chi connectivity index (χ1) is 8.65. The summed E-state index contributed by atoms with van der Waals surface area (Å²) in [4.78, 5) is 13.8. The highest BCUT2D eigenvalue weighted by atomic mass is 16.2. The number of nitrogens with zero attached hydrogens (tertiary/aromatic N) is 1. The van der Waals surface area contributed by atoms with Crippen LogP contribution in [0.4, 0.5) is 5.69 Å². The van der Waals surface area contributed by atoms with Crippen LogP contribution in [0.1, 0.15) is 37.0 Å². The molecule has 18 heavy (non-hydrogen) atoms. The Balaban J connectivity index is 1.92. The van der Waals surface area contributed by atoms with Gasteiger partial charge in [0.2, 0.25) is 5.91 Å². The maximum atomic E-state index is 11.8. The Morgan fingerprint density at radius 1 is 1.22 bits per heavy atom. The van der Waals surface area contributed by atoms with Crippen LogP contribution >= 0.6 is 0 Å². The molecule has 0 fully saturated rings. The molecule has 96 valence electrons. The molecule has 2 heterocycles. The van der Waals surface area contributed by atoms with Gasteiger partial charge in [-0.15, -0.1) is 0 Å². The number of carbonyl (C=O) groups excluding carboxylic acids is 1. The molecule has 0 aromatic heterocycles. The molecule has 0 saturated heterocycles. The van der Waals surface area contributed by atoms with E-state index in [1.54, 1.807) is 0 Å². The Labute approximate surface area is 108 Å². The second-order valence-electron chi connectivity index (χ2n) is 5.59. The summed E-state index contributed by atoms with van der Waals surface area (Å²) in [6.45, 7) is 6.13. The van der Waals surface area contributed by atoms with Crippen LogP contribution in [-0.4, -0.2) is 18.5 Å². The summed E-state index contributed by atoms with van der Waals surface area (Å²) in [5, 5.41) is 3.46. The van der Waals surface area contributed by atoms with Crippen molar-refractivity contribution in [1.29, 1.82) is 0 Å². The highest BCUT2D eigenvalue weighted by molar-refractivity contribution is 5.98. The van der Waals surface area contributed by atoms with Gasteiger partial charge in [-0.2, -0.15) is 0 Å². The Morgan fingerprint density at radius 3 is 2.67 bits per heavy atom. The first kappa shape index (κ1) is 11.7. The Morgan fingerprint density at radius 2 is 1.94 bits per heavy atom. The topological polar surface area (TPSA) is 32.3 Å². The van der Waals surface area contributed by atoms with Gasteiger partial charge in [-0.05, 0) is 29.5 Å². The van der Waals surface area contributed by atoms with Crippen LogP contribution in [-0.2, 0) is 24.2 Å². The maximum absolute atomic E-state index is 11.8. The largest absolute Gasteiger partial charge is 0.312 e. The number of rotatable bonds is 3. The molecule has 0 atom stereocenters. The van der Waals surface area contributed by atoms with Crippen molar-refractivity contribution in [2.75, 3.05) is 11.4 Å². The SMILES string of the molecule is CC(C)NCc1cc2c3c(c1)CCN3C(=O)CC2. The molecule has 1 aromatic rings. The van der Waals surface area contributed by atoms with Crippen molar-refractivity contribution < 1.29 is 4.79 Å². The Hall–Kier alpha value is -1.35. The van der Waals surface area contributed by atoms with E-state index in [-0.39, 0.29) is 0 Å². The zero-order chi connectivity index (χ0) is 12.7. The van der Waals surface area contributed by atoms with Gasteiger partial charge in [-0.1, -0.05) is 26.0 Å². The fourth-order valence-electron chi connectivity index (χ4n) is 2.95. The highest BCUT2D eigenvalue weighted by Gasteiger charge is 2.31. The number of amides is 1. The molecular formula is C15H20N2O. The summed E-state index contributed by atoms with van der Waals surface area (Å²) in [6.07, 6.45) is 2.60. The van der Waals surface area contributed by atoms with Gasteiger partial charge in [0.05, 0.1) is 5.69 Å². The molecule has 3 rings (SSSR count). The van der Waals surface area contributed by atoms with E-state index < -0.39 is 0 Å². The maximum Gasteiger partial charge on any atom is 0.227 e. The van der Waals surface area contributed by atoms with Gasteiger partial charge in [-0.25, -0.2) is 0 Å². The van der Waals surface area contributed by atoms with Crippen LogP contribution < -0.4 is 10.2 Å². The number of carbonyl (C=O) groups is 1. The minimum Gasteiger partial charge on any atom is -0.312 e. The lowest BCUT2D eigenvalue weighted by Gasteiger charge is -2.26. The lowest BCUT2D eigenvalue weighted by Crippen LogP contribution is -2.33. The first-order valence-corrected chi connectivity index (χ1v) is 6.83. The second-order valence-corrected chi connectivity index (χ2v) is 5.59. The van der Waals surface area contributed by atoms with E-state index in [2.05, 4.69) is 31.3 Å². The fourth-order valence-corrected chi connectivity index (χ4v) is 2.95. The smallest absolute Gasteiger partial charge is 0.227 e. The molecule has 3 heteroatoms. The van der Waals surface area contributed by atoms with Crippen molar-refractivity contribution in [1.82, 2.24) is 5.32 Å². The predicted molar refractivity (Wildman–Crippen MR) is 72.8 cm³/mol. The number of hydrogen-bond donors (Lipinski definition) is 1. The average Bonchev–Trinajstić information content (AvgIpc) is 2.76. The van der Waals surface area contributed by atoms with Crippen LogP contribution in [0.25, 0.3) is 0 Å². The van der Waals surface area contributed by atoms with E-state index in [4.69, 9.17) is 0 Å². The first-order valence-electron chi connectivity index (χ1n) is 6.83. The van der Waals surface area contributed by atoms with Crippen LogP contribution in [0.15, 0.2) is 12.1 Å². The van der Waals surface area contributed by atoms with Crippen molar-refractivity contribution in [3.63, 3.8) is 0 Å². The molecule has 2 aliphatic rings. The van der Waals surface area contributed by atoms with E-state index in [0.29, 0.717) is 18.4 Å². The number of hydrogen-bond acceptors (Lipinski definition) is 2. The number of nitrogens with one attached hydrogen (secondary N) is 1. The number of aryl methyl sites for hydroxylation is 1. The summed E-state index contributed by atoms with van der Waals surface area (Å²) in [5.74, 6) is 0.300. The molecule has 0 bridgehead atoms. The third-order valence-electron chi connectivity index (χ3n) is 3.83. The van der Waals surface area contributed by atoms with Crippen molar-refractivity contribution in [2.24, 2.45) is 0 Å². The van der Waals surface area contributed by atoms with Crippen LogP contribution in [0.3, 0.4) is 0 Å². The molecule has 1 amide bonds. The van der Waals surface area contributed by atoms with Gasteiger partial charge in [0, 0.05) is 25.6 Å². The van der Waals surface area contributed by atoms with Crippen molar-refractivity contribution in [3.8, 4) is 0 Å². The van der Waals surface area contributed by atoms with Gasteiger partial charge in [-0.3, -0.25) is 4.79 Å². The predicted octanol–water partition coefficient (Wildman–Crippen LogP) is 2.02. The van der Waals surface area contributed by atoms with Gasteiger partial charge in [0.25, 0.3) is 0 Å². The van der Waals surface area contributed by atoms with E-state index in [9.17, 15) is 4.79 Å². The van der Waals surface area contributed by atoms with E-state index in [1.807, 2.05) is 4.90 Å². The number of anilines is 1. The van der Waals surface area contributed by atoms with Crippen LogP contribution in [0.2, 0.25) is 0 Å². The number of benzene rings is 1. The molecular weight excluding hydrogens is 224 g/mol. The van der Waals surface area contributed by atoms with Gasteiger partial charge < -0.3 is 10.2 Å². The van der Waals surface area contributed by atoms with Crippen molar-refractivity contribution >= 4 is 11.6 Å². The minimum atomic E-state index is 0.300. The highest BCUT2D eigenvalue weighted by Crippen LogP contribution is 2.37. The average molecular weight is 244 g/mol. The summed E-state index contributed by atoms with van der Waals surface area (Å²) in [7, 11) is 0. The summed E-state index contributed by atoms with van der Waals surface area (Å²) in [5.41, 5.74) is 5.31. The molecule has 0 spiro atoms. The summed E-state index contributed by atoms with van der Waals surface area (Å²) in [6, 6.07) is 5.05. The third-order valence-corrected chi connectivity index (χ3v) is 3.83. The third kappa shape index (κ3) is 1.93. The molecule has 2 aliphatic heterocycles. The molecule has 1 aromatic carbocycles. The van der Waals surface area contributed by atoms with Gasteiger partial charge >= 0.3 is 0 Å². The fraction of sp³-hybridized carbons (Fsp3) is 0.533. The lowest BCUT2D eigenvalue weighted by molar-refractivity contribution is -0.118. The van der Waals surface area contributed by atoms with E-state index in [1.165, 1.54) is 22.4 Å². The van der Waals surface area contributed by atoms with Crippen LogP contribution in [0.5, 0.6) is 0 Å². The summed E-state index contributed by atoms with van der Waals surface area (Å²) < 4.78 is 0. The zero-order valence-corrected chi connectivity index (χ0v) is 11.1. The van der Waals surface area contributed by atoms with Gasteiger partial charge in [0.15, 0.2) is 0 Å². The summed E-state index contributed by atoms with van der Waals surface area (Å²) >= 11 is 0. The van der Waals surface area contributed by atoms with Crippen LogP contribution in [0, 0.1) is 0 Å². The molecule has 0 aliphatic carbocycles. The monoisotopic (exact) mass is 244 g/mol. The molecule has 1 N–H and O–H groups in total. The quantitative estimate of drug-likeness (QED) is 0.882. The lowest BCUT2D eigenvalue weighted by atomic mass is 9.96. The minimum absolute atomic E-state index is 0.300. The van der Waals surface area contributed by atoms with Crippen molar-refractivity contribution in [3.05, 3.63) is 28.8 Å². The van der Waals surface area contributed by atoms with E-state index >= 15 is 0 Å². The Kier molecular flexibility index (Phi) is 2.86. The van der Waals surface area contributed by atoms with Gasteiger partial charge in [0.1, 0.15) is 0 Å². The molecule has 0 unspecified atom stereocenters. The molecule has 0 saturated carbocycles. The zero-order valence-electron chi connectivity index (χ0n) is 11.1. The molecule has 0 radical (unpaired) electrons. The van der Waals surface area contributed by atoms with Crippen molar-refractivity contribution in [2.45, 2.75) is 45.7 Å². The van der Waals surface area contributed by atoms with E-state index in [0.717, 1.165) is 25.9 Å². The normalized spacial score (nSPS) is 17.5.